The van der Waals surface area contributed by atoms with Crippen LogP contribution in [0.4, 0.5) is 8.78 Å². The predicted octanol–water partition coefficient (Wildman–Crippen LogP) is 9.51. The van der Waals surface area contributed by atoms with Crippen molar-refractivity contribution in [3.8, 4) is 28.7 Å². The third-order valence-corrected chi connectivity index (χ3v) is 9.82. The summed E-state index contributed by atoms with van der Waals surface area (Å²) in [6.45, 7) is 2.20. The summed E-state index contributed by atoms with van der Waals surface area (Å²) < 4.78 is 56.7. The number of Topliss-reactive ketones (excluding diaryl/α,β-unsaturated/α-hetero) is 2. The highest BCUT2D eigenvalue weighted by Gasteiger charge is 2.21. The highest BCUT2D eigenvalue weighted by molar-refractivity contribution is 6.05. The Hall–Kier alpha value is -5.84. The van der Waals surface area contributed by atoms with Crippen molar-refractivity contribution < 1.29 is 42.1 Å². The Bertz CT molecular complexity index is 2150. The van der Waals surface area contributed by atoms with Crippen LogP contribution in [-0.2, 0) is 22.6 Å². The molecule has 11 heteroatoms. The van der Waals surface area contributed by atoms with Crippen LogP contribution in [0, 0.1) is 11.6 Å². The van der Waals surface area contributed by atoms with E-state index in [9.17, 15) is 18.4 Å². The molecule has 4 aromatic carbocycles. The molecule has 0 fully saturated rings. The third-order valence-electron chi connectivity index (χ3n) is 9.82. The zero-order valence-corrected chi connectivity index (χ0v) is 32.7. The van der Waals surface area contributed by atoms with Gasteiger partial charge in [0.15, 0.2) is 28.8 Å². The number of allylic oxidation sites excluding steroid dienone is 1. The number of methoxy groups -OCH3 is 2. The van der Waals surface area contributed by atoms with Gasteiger partial charge in [-0.25, -0.2) is 8.78 Å². The lowest BCUT2D eigenvalue weighted by Crippen LogP contribution is -2.19. The first-order valence-corrected chi connectivity index (χ1v) is 19.4. The van der Waals surface area contributed by atoms with Gasteiger partial charge in [0, 0.05) is 41.8 Å². The second-order valence-electron chi connectivity index (χ2n) is 14.0. The van der Waals surface area contributed by atoms with Crippen LogP contribution in [0.2, 0.25) is 0 Å². The molecule has 9 nitrogen and oxygen atoms in total. The predicted molar refractivity (Wildman–Crippen MR) is 216 cm³/mol. The molecule has 0 spiro atoms. The van der Waals surface area contributed by atoms with E-state index < -0.39 is 5.82 Å². The third kappa shape index (κ3) is 11.4. The number of hydrogen-bond donors (Lipinski definition) is 0. The number of halogens is 2. The van der Waals surface area contributed by atoms with E-state index in [0.29, 0.717) is 47.3 Å². The molecule has 2 aliphatic rings. The van der Waals surface area contributed by atoms with Crippen LogP contribution in [-0.4, -0.2) is 56.5 Å². The van der Waals surface area contributed by atoms with Crippen molar-refractivity contribution in [2.24, 2.45) is 9.98 Å². The first-order valence-electron chi connectivity index (χ1n) is 19.4. The van der Waals surface area contributed by atoms with Crippen LogP contribution in [0.3, 0.4) is 0 Å². The van der Waals surface area contributed by atoms with E-state index in [0.717, 1.165) is 65.9 Å². The van der Waals surface area contributed by atoms with E-state index >= 15 is 0 Å². The van der Waals surface area contributed by atoms with Crippen LogP contribution in [0.15, 0.2) is 94.9 Å². The van der Waals surface area contributed by atoms with Crippen molar-refractivity contribution in [1.29, 1.82) is 0 Å². The van der Waals surface area contributed by atoms with Gasteiger partial charge >= 0.3 is 0 Å². The molecule has 0 aliphatic carbocycles. The molecule has 1 atom stereocenters. The van der Waals surface area contributed by atoms with E-state index in [1.807, 2.05) is 43.3 Å². The molecule has 298 valence electrons. The first-order chi connectivity index (χ1) is 27.7. The number of rotatable bonds is 18. The number of nitrogens with zero attached hydrogens (tertiary/aromatic N) is 2. The minimum atomic E-state index is -0.463. The number of ether oxygens (including phenoxy) is 5. The monoisotopic (exact) mass is 778 g/mol. The van der Waals surface area contributed by atoms with Crippen molar-refractivity contribution >= 4 is 28.7 Å². The Balaban J connectivity index is 1.06. The molecule has 4 aromatic rings. The number of carbonyl (C=O) groups is 2. The maximum Gasteiger partial charge on any atom is 0.172 e. The average Bonchev–Trinajstić information content (AvgIpc) is 3.46. The lowest BCUT2D eigenvalue weighted by molar-refractivity contribution is -0.121. The summed E-state index contributed by atoms with van der Waals surface area (Å²) in [6, 6.07) is 21.1. The van der Waals surface area contributed by atoms with Crippen LogP contribution in [0.1, 0.15) is 80.5 Å². The maximum atomic E-state index is 14.5. The molecule has 2 heterocycles. The average molecular weight is 779 g/mol. The van der Waals surface area contributed by atoms with Crippen molar-refractivity contribution in [3.63, 3.8) is 0 Å². The van der Waals surface area contributed by atoms with E-state index in [-0.39, 0.29) is 55.9 Å². The number of benzene rings is 4. The fraction of sp³-hybridized carbons (Fsp3) is 0.348. The van der Waals surface area contributed by atoms with Gasteiger partial charge < -0.3 is 23.7 Å². The zero-order chi connectivity index (χ0) is 40.1. The standard InChI is InChI=1S/C46H48F2N2O7/c1-4-55-46-25-32(14-19-43(46)53-2)40-10-6-5-8-36(49-40)27-39(52)29-57-42-21-18-35(48)23-33(42)28-56-44-20-15-31(24-45(44)54-3)41-11-7-9-37(50-41)26-38(51)22-30-12-16-34(47)17-13-30/h11-21,23-25,36H,4-10,22,26-29H2,1-3H3. The van der Waals surface area contributed by atoms with E-state index in [2.05, 4.69) is 0 Å². The number of carbonyl (C=O) groups excluding carboxylic acids is 2. The van der Waals surface area contributed by atoms with Crippen LogP contribution >= 0.6 is 0 Å². The SMILES string of the molecule is CCOc1cc(C2=NC(CC(=O)COc3ccc(F)cc3COc3ccc(C4=CCCC(CC(=O)Cc5ccc(F)cc5)=N4)cc3OC)CCCC2)ccc1OC. The summed E-state index contributed by atoms with van der Waals surface area (Å²) in [4.78, 5) is 35.8. The smallest absolute Gasteiger partial charge is 0.172 e. The molecule has 0 radical (unpaired) electrons. The van der Waals surface area contributed by atoms with Gasteiger partial charge in [0.1, 0.15) is 36.4 Å². The molecule has 0 bridgehead atoms. The second kappa shape index (κ2) is 19.8. The van der Waals surface area contributed by atoms with Gasteiger partial charge in [-0.05, 0) is 117 Å². The minimum Gasteiger partial charge on any atom is -0.493 e. The maximum absolute atomic E-state index is 14.5. The van der Waals surface area contributed by atoms with Gasteiger partial charge in [-0.2, -0.15) is 0 Å². The summed E-state index contributed by atoms with van der Waals surface area (Å²) in [5, 5.41) is 0. The van der Waals surface area contributed by atoms with Crippen molar-refractivity contribution in [1.82, 2.24) is 0 Å². The van der Waals surface area contributed by atoms with Crippen molar-refractivity contribution in [2.45, 2.75) is 77.4 Å². The molecule has 0 aromatic heterocycles. The Morgan fingerprint density at radius 3 is 2.25 bits per heavy atom. The summed E-state index contributed by atoms with van der Waals surface area (Å²) in [5.74, 6) is 1.64. The molecular formula is C46H48F2N2O7. The van der Waals surface area contributed by atoms with Gasteiger partial charge in [-0.3, -0.25) is 19.6 Å². The first kappa shape index (κ1) is 40.8. The molecule has 6 rings (SSSR count). The van der Waals surface area contributed by atoms with Gasteiger partial charge in [0.25, 0.3) is 0 Å². The van der Waals surface area contributed by atoms with Crippen LogP contribution in [0.5, 0.6) is 28.7 Å². The Morgan fingerprint density at radius 2 is 1.46 bits per heavy atom. The number of hydrogen-bond acceptors (Lipinski definition) is 9. The fourth-order valence-corrected chi connectivity index (χ4v) is 6.97. The van der Waals surface area contributed by atoms with E-state index in [4.69, 9.17) is 33.7 Å². The molecule has 57 heavy (non-hydrogen) atoms. The molecular weight excluding hydrogens is 731 g/mol. The molecule has 0 saturated carbocycles. The summed E-state index contributed by atoms with van der Waals surface area (Å²) in [7, 11) is 3.14. The molecule has 0 N–H and O–H groups in total. The highest BCUT2D eigenvalue weighted by atomic mass is 19.1. The highest BCUT2D eigenvalue weighted by Crippen LogP contribution is 2.35. The zero-order valence-electron chi connectivity index (χ0n) is 32.7. The quantitative estimate of drug-likeness (QED) is 0.0991. The van der Waals surface area contributed by atoms with E-state index in [1.165, 1.54) is 37.4 Å². The van der Waals surface area contributed by atoms with Gasteiger partial charge in [-0.15, -0.1) is 0 Å². The van der Waals surface area contributed by atoms with Gasteiger partial charge in [0.05, 0.1) is 32.6 Å². The Morgan fingerprint density at radius 1 is 0.719 bits per heavy atom. The number of aliphatic imine (C=N–C) groups is 2. The van der Waals surface area contributed by atoms with E-state index in [1.54, 1.807) is 25.3 Å². The topological polar surface area (TPSA) is 105 Å². The van der Waals surface area contributed by atoms with Crippen LogP contribution < -0.4 is 23.7 Å². The second-order valence-corrected chi connectivity index (χ2v) is 14.0. The number of ketones is 2. The molecule has 2 aliphatic heterocycles. The fourth-order valence-electron chi connectivity index (χ4n) is 6.97. The van der Waals surface area contributed by atoms with Crippen molar-refractivity contribution in [2.75, 3.05) is 27.4 Å². The molecule has 1 unspecified atom stereocenters. The Kier molecular flexibility index (Phi) is 14.2. The van der Waals surface area contributed by atoms with Crippen LogP contribution in [0.25, 0.3) is 5.70 Å². The lowest BCUT2D eigenvalue weighted by Gasteiger charge is -2.17. The summed E-state index contributed by atoms with van der Waals surface area (Å²) in [6.07, 6.45) is 7.61. The Labute approximate surface area is 332 Å². The van der Waals surface area contributed by atoms with Crippen molar-refractivity contribution in [3.05, 3.63) is 119 Å². The summed E-state index contributed by atoms with van der Waals surface area (Å²) in [5.41, 5.74) is 5.39. The van der Waals surface area contributed by atoms with Gasteiger partial charge in [0.2, 0.25) is 0 Å². The molecule has 0 saturated heterocycles. The lowest BCUT2D eigenvalue weighted by atomic mass is 9.99. The van der Waals surface area contributed by atoms with Gasteiger partial charge in [-0.1, -0.05) is 24.6 Å². The largest absolute Gasteiger partial charge is 0.493 e. The minimum absolute atomic E-state index is 0.0122. The molecule has 0 amide bonds. The normalized spacial score (nSPS) is 15.4. The summed E-state index contributed by atoms with van der Waals surface area (Å²) >= 11 is 0.